The van der Waals surface area contributed by atoms with Crippen LogP contribution >= 0.6 is 11.3 Å². The second-order valence-electron chi connectivity index (χ2n) is 4.31. The lowest BCUT2D eigenvalue weighted by molar-refractivity contribution is 0.767. The Morgan fingerprint density at radius 1 is 1.29 bits per heavy atom. The number of aromatic nitrogens is 2. The van der Waals surface area contributed by atoms with Crippen LogP contribution in [-0.2, 0) is 6.54 Å². The molecular formula is C12H14N4S. The fourth-order valence-corrected chi connectivity index (χ4v) is 2.51. The van der Waals surface area contributed by atoms with E-state index < -0.39 is 0 Å². The summed E-state index contributed by atoms with van der Waals surface area (Å²) in [6, 6.07) is 6.54. The van der Waals surface area contributed by atoms with Crippen LogP contribution in [-0.4, -0.2) is 16.2 Å². The summed E-state index contributed by atoms with van der Waals surface area (Å²) in [5, 5.41) is 12.4. The molecular weight excluding hydrogens is 232 g/mol. The van der Waals surface area contributed by atoms with Gasteiger partial charge >= 0.3 is 0 Å². The predicted octanol–water partition coefficient (Wildman–Crippen LogP) is 2.29. The Kier molecular flexibility index (Phi) is 2.68. The number of nitrogens with two attached hydrogens (primary N) is 1. The Hall–Kier alpha value is -1.62. The van der Waals surface area contributed by atoms with E-state index in [9.17, 15) is 0 Å². The third-order valence-electron chi connectivity index (χ3n) is 2.89. The largest absolute Gasteiger partial charge is 0.382 e. The second kappa shape index (κ2) is 4.33. The van der Waals surface area contributed by atoms with Crippen molar-refractivity contribution in [3.8, 4) is 0 Å². The minimum atomic E-state index is 0.472. The molecule has 5 heteroatoms. The molecule has 0 spiro atoms. The molecule has 0 amide bonds. The van der Waals surface area contributed by atoms with E-state index in [2.05, 4.69) is 31.9 Å². The summed E-state index contributed by atoms with van der Waals surface area (Å²) in [6.07, 6.45) is 2.49. The predicted molar refractivity (Wildman–Crippen MR) is 70.0 cm³/mol. The van der Waals surface area contributed by atoms with Gasteiger partial charge in [-0.15, -0.1) is 10.2 Å². The molecule has 17 heavy (non-hydrogen) atoms. The Balaban J connectivity index is 1.82. The smallest absolute Gasteiger partial charge is 0.151 e. The van der Waals surface area contributed by atoms with Crippen molar-refractivity contribution < 1.29 is 0 Å². The van der Waals surface area contributed by atoms with Crippen LogP contribution in [0.3, 0.4) is 0 Å². The summed E-state index contributed by atoms with van der Waals surface area (Å²) < 4.78 is 0. The standard InChI is InChI=1S/C12H14N4S/c13-11-3-4-12(15-14-11)16(10-1-2-10)7-9-5-6-17-8-9/h3-6,8,10H,1-2,7H2,(H2,13,14). The van der Waals surface area contributed by atoms with E-state index >= 15 is 0 Å². The Morgan fingerprint density at radius 2 is 2.18 bits per heavy atom. The van der Waals surface area contributed by atoms with Crippen molar-refractivity contribution in [2.75, 3.05) is 10.6 Å². The zero-order valence-electron chi connectivity index (χ0n) is 9.41. The van der Waals surface area contributed by atoms with E-state index in [-0.39, 0.29) is 0 Å². The first kappa shape index (κ1) is 10.5. The molecule has 0 bridgehead atoms. The van der Waals surface area contributed by atoms with Crippen LogP contribution in [0.4, 0.5) is 11.6 Å². The molecule has 0 radical (unpaired) electrons. The molecule has 2 aromatic heterocycles. The first-order valence-corrected chi connectivity index (χ1v) is 6.64. The lowest BCUT2D eigenvalue weighted by Gasteiger charge is -2.22. The molecule has 2 N–H and O–H groups in total. The molecule has 4 nitrogen and oxygen atoms in total. The van der Waals surface area contributed by atoms with Crippen molar-refractivity contribution in [2.24, 2.45) is 0 Å². The van der Waals surface area contributed by atoms with Crippen molar-refractivity contribution in [3.05, 3.63) is 34.5 Å². The van der Waals surface area contributed by atoms with Crippen LogP contribution in [0.2, 0.25) is 0 Å². The summed E-state index contributed by atoms with van der Waals surface area (Å²) in [6.45, 7) is 0.909. The van der Waals surface area contributed by atoms with Gasteiger partial charge in [-0.25, -0.2) is 0 Å². The molecule has 1 saturated carbocycles. The number of rotatable bonds is 4. The SMILES string of the molecule is Nc1ccc(N(Cc2ccsc2)C2CC2)nn1. The third kappa shape index (κ3) is 2.39. The van der Waals surface area contributed by atoms with Gasteiger partial charge in [0.25, 0.3) is 0 Å². The second-order valence-corrected chi connectivity index (χ2v) is 5.09. The van der Waals surface area contributed by atoms with Crippen molar-refractivity contribution in [2.45, 2.75) is 25.4 Å². The van der Waals surface area contributed by atoms with E-state index in [4.69, 9.17) is 5.73 Å². The van der Waals surface area contributed by atoms with Crippen LogP contribution in [0.5, 0.6) is 0 Å². The quantitative estimate of drug-likeness (QED) is 0.899. The fourth-order valence-electron chi connectivity index (χ4n) is 1.85. The van der Waals surface area contributed by atoms with Crippen molar-refractivity contribution >= 4 is 23.0 Å². The number of nitrogen functional groups attached to an aromatic ring is 1. The topological polar surface area (TPSA) is 55.0 Å². The van der Waals surface area contributed by atoms with Crippen molar-refractivity contribution in [3.63, 3.8) is 0 Å². The number of thiophene rings is 1. The molecule has 1 fully saturated rings. The maximum absolute atomic E-state index is 5.56. The molecule has 0 aromatic carbocycles. The Labute approximate surface area is 104 Å². The van der Waals surface area contributed by atoms with Gasteiger partial charge in [0.05, 0.1) is 0 Å². The zero-order valence-corrected chi connectivity index (χ0v) is 10.2. The lowest BCUT2D eigenvalue weighted by atomic mass is 10.3. The fraction of sp³-hybridized carbons (Fsp3) is 0.333. The van der Waals surface area contributed by atoms with Crippen LogP contribution in [0.15, 0.2) is 29.0 Å². The average Bonchev–Trinajstić information content (AvgIpc) is 3.05. The molecule has 0 saturated heterocycles. The first-order valence-electron chi connectivity index (χ1n) is 5.70. The lowest BCUT2D eigenvalue weighted by Crippen LogP contribution is -2.26. The van der Waals surface area contributed by atoms with E-state index in [1.54, 1.807) is 11.3 Å². The molecule has 0 atom stereocenters. The maximum Gasteiger partial charge on any atom is 0.151 e. The highest BCUT2D eigenvalue weighted by Gasteiger charge is 2.30. The van der Waals surface area contributed by atoms with Gasteiger partial charge in [-0.1, -0.05) is 0 Å². The number of anilines is 2. The van der Waals surface area contributed by atoms with Gasteiger partial charge in [-0.05, 0) is 47.4 Å². The normalized spacial score (nSPS) is 14.8. The minimum absolute atomic E-state index is 0.472. The Morgan fingerprint density at radius 3 is 2.76 bits per heavy atom. The highest BCUT2D eigenvalue weighted by Crippen LogP contribution is 2.32. The highest BCUT2D eigenvalue weighted by atomic mass is 32.1. The molecule has 1 aliphatic carbocycles. The van der Waals surface area contributed by atoms with Gasteiger partial charge in [-0.3, -0.25) is 0 Å². The monoisotopic (exact) mass is 246 g/mol. The van der Waals surface area contributed by atoms with E-state index in [0.29, 0.717) is 11.9 Å². The van der Waals surface area contributed by atoms with Gasteiger partial charge < -0.3 is 10.6 Å². The average molecular weight is 246 g/mol. The molecule has 1 aliphatic rings. The molecule has 0 aliphatic heterocycles. The van der Waals surface area contributed by atoms with Gasteiger partial charge in [-0.2, -0.15) is 11.3 Å². The maximum atomic E-state index is 5.56. The van der Waals surface area contributed by atoms with Crippen LogP contribution < -0.4 is 10.6 Å². The molecule has 2 aromatic rings. The highest BCUT2D eigenvalue weighted by molar-refractivity contribution is 7.07. The number of hydrogen-bond donors (Lipinski definition) is 1. The number of hydrogen-bond acceptors (Lipinski definition) is 5. The van der Waals surface area contributed by atoms with Crippen LogP contribution in [0.1, 0.15) is 18.4 Å². The molecule has 88 valence electrons. The van der Waals surface area contributed by atoms with E-state index in [1.165, 1.54) is 18.4 Å². The van der Waals surface area contributed by atoms with Gasteiger partial charge in [0, 0.05) is 12.6 Å². The van der Waals surface area contributed by atoms with Gasteiger partial charge in [0.1, 0.15) is 5.82 Å². The van der Waals surface area contributed by atoms with Crippen LogP contribution in [0.25, 0.3) is 0 Å². The van der Waals surface area contributed by atoms with Crippen LogP contribution in [0, 0.1) is 0 Å². The third-order valence-corrected chi connectivity index (χ3v) is 3.62. The Bertz CT molecular complexity index is 476. The molecule has 0 unspecified atom stereocenters. The van der Waals surface area contributed by atoms with E-state index in [0.717, 1.165) is 12.4 Å². The summed E-state index contributed by atoms with van der Waals surface area (Å²) in [5.41, 5.74) is 6.90. The summed E-state index contributed by atoms with van der Waals surface area (Å²) >= 11 is 1.73. The summed E-state index contributed by atoms with van der Waals surface area (Å²) in [7, 11) is 0. The molecule has 2 heterocycles. The van der Waals surface area contributed by atoms with Gasteiger partial charge in [0.15, 0.2) is 5.82 Å². The zero-order chi connectivity index (χ0) is 11.7. The van der Waals surface area contributed by atoms with Gasteiger partial charge in [0.2, 0.25) is 0 Å². The van der Waals surface area contributed by atoms with E-state index in [1.807, 2.05) is 12.1 Å². The summed E-state index contributed by atoms with van der Waals surface area (Å²) in [4.78, 5) is 2.31. The summed E-state index contributed by atoms with van der Waals surface area (Å²) in [5.74, 6) is 1.40. The van der Waals surface area contributed by atoms with Crippen molar-refractivity contribution in [1.82, 2.24) is 10.2 Å². The van der Waals surface area contributed by atoms with Crippen molar-refractivity contribution in [1.29, 1.82) is 0 Å². The minimum Gasteiger partial charge on any atom is -0.382 e. The first-order chi connectivity index (χ1) is 8.33. The number of nitrogens with zero attached hydrogens (tertiary/aromatic N) is 3. The molecule has 3 rings (SSSR count).